The number of rotatable bonds is 3. The molecule has 4 rings (SSSR count). The molecule has 3 atom stereocenters. The minimum Gasteiger partial charge on any atom is -0.490 e. The summed E-state index contributed by atoms with van der Waals surface area (Å²) in [5.74, 6) is 1.09. The molecule has 1 aromatic rings. The molecule has 3 saturated heterocycles. The van der Waals surface area contributed by atoms with Crippen molar-refractivity contribution in [3.63, 3.8) is 0 Å². The Morgan fingerprint density at radius 3 is 2.50 bits per heavy atom. The smallest absolute Gasteiger partial charge is 0.227 e. The minimum absolute atomic E-state index is 0.0523. The van der Waals surface area contributed by atoms with E-state index in [0.29, 0.717) is 19.4 Å². The van der Waals surface area contributed by atoms with Gasteiger partial charge in [-0.15, -0.1) is 0 Å². The van der Waals surface area contributed by atoms with Crippen LogP contribution in [0.1, 0.15) is 38.5 Å². The molecule has 0 radical (unpaired) electrons. The zero-order chi connectivity index (χ0) is 16.5. The molecule has 3 fully saturated rings. The molecule has 128 valence electrons. The fourth-order valence-electron chi connectivity index (χ4n) is 4.35. The highest BCUT2D eigenvalue weighted by Gasteiger charge is 2.45. The quantitative estimate of drug-likeness (QED) is 0.912. The number of nitrogens with one attached hydrogen (secondary N) is 1. The second-order valence-electron chi connectivity index (χ2n) is 7.06. The lowest BCUT2D eigenvalue weighted by Gasteiger charge is -2.41. The van der Waals surface area contributed by atoms with Gasteiger partial charge in [0, 0.05) is 50.3 Å². The van der Waals surface area contributed by atoms with E-state index >= 15 is 0 Å². The Labute approximate surface area is 141 Å². The lowest BCUT2D eigenvalue weighted by atomic mass is 9.93. The van der Waals surface area contributed by atoms with Crippen molar-refractivity contribution in [3.05, 3.63) is 24.5 Å². The van der Waals surface area contributed by atoms with E-state index < -0.39 is 0 Å². The summed E-state index contributed by atoms with van der Waals surface area (Å²) in [5, 5.41) is 2.83. The van der Waals surface area contributed by atoms with Crippen LogP contribution in [0.5, 0.6) is 5.75 Å². The third kappa shape index (κ3) is 2.97. The summed E-state index contributed by atoms with van der Waals surface area (Å²) in [6.45, 7) is 0.491. The van der Waals surface area contributed by atoms with E-state index in [2.05, 4.69) is 15.2 Å². The van der Waals surface area contributed by atoms with Gasteiger partial charge in [0.05, 0.1) is 5.92 Å². The van der Waals surface area contributed by atoms with Crippen molar-refractivity contribution in [2.45, 2.75) is 56.7 Å². The van der Waals surface area contributed by atoms with Gasteiger partial charge in [-0.1, -0.05) is 0 Å². The van der Waals surface area contributed by atoms with Crippen molar-refractivity contribution >= 4 is 11.8 Å². The number of nitrogens with zero attached hydrogens (tertiary/aromatic N) is 2. The van der Waals surface area contributed by atoms with Gasteiger partial charge in [-0.05, 0) is 31.4 Å². The highest BCUT2D eigenvalue weighted by Crippen LogP contribution is 2.38. The Bertz CT molecular complexity index is 597. The molecular weight excluding hydrogens is 306 g/mol. The van der Waals surface area contributed by atoms with Crippen molar-refractivity contribution in [2.24, 2.45) is 5.92 Å². The Hall–Kier alpha value is -2.11. The summed E-state index contributed by atoms with van der Waals surface area (Å²) in [6.07, 6.45) is 8.69. The Morgan fingerprint density at radius 1 is 1.17 bits per heavy atom. The summed E-state index contributed by atoms with van der Waals surface area (Å²) in [6, 6.07) is 4.32. The SMILES string of the molecule is O=C1CCC(C(=O)N2C3CCC2CC(Oc2ccncc2)C3)CN1. The van der Waals surface area contributed by atoms with Crippen LogP contribution in [0.2, 0.25) is 0 Å². The van der Waals surface area contributed by atoms with Gasteiger partial charge in [0.25, 0.3) is 0 Å². The number of piperidine rings is 2. The third-order valence-electron chi connectivity index (χ3n) is 5.51. The van der Waals surface area contributed by atoms with Crippen LogP contribution in [-0.2, 0) is 9.59 Å². The normalized spacial score (nSPS) is 32.3. The number of hydrogen-bond donors (Lipinski definition) is 1. The number of amides is 2. The Balaban J connectivity index is 1.39. The monoisotopic (exact) mass is 329 g/mol. The molecule has 3 unspecified atom stereocenters. The first-order valence-corrected chi connectivity index (χ1v) is 8.86. The standard InChI is InChI=1S/C18H23N3O3/c22-17-4-1-12(11-20-17)18(23)21-13-2-3-14(21)10-16(9-13)24-15-5-7-19-8-6-15/h5-8,12-14,16H,1-4,9-11H2,(H,20,22). The summed E-state index contributed by atoms with van der Waals surface area (Å²) in [4.78, 5) is 30.3. The third-order valence-corrected chi connectivity index (χ3v) is 5.51. The molecule has 3 aliphatic rings. The average Bonchev–Trinajstić information content (AvgIpc) is 2.87. The first-order chi connectivity index (χ1) is 11.7. The van der Waals surface area contributed by atoms with Crippen LogP contribution in [-0.4, -0.2) is 46.4 Å². The number of ether oxygens (including phenoxy) is 1. The van der Waals surface area contributed by atoms with E-state index in [1.807, 2.05) is 12.1 Å². The van der Waals surface area contributed by atoms with E-state index in [9.17, 15) is 9.59 Å². The van der Waals surface area contributed by atoms with Crippen LogP contribution in [0, 0.1) is 5.92 Å². The molecule has 0 spiro atoms. The zero-order valence-corrected chi connectivity index (χ0v) is 13.7. The molecule has 4 heterocycles. The maximum atomic E-state index is 12.9. The number of carbonyl (C=O) groups excluding carboxylic acids is 2. The van der Waals surface area contributed by atoms with Crippen LogP contribution in [0.3, 0.4) is 0 Å². The number of aromatic nitrogens is 1. The van der Waals surface area contributed by atoms with Crippen molar-refractivity contribution < 1.29 is 14.3 Å². The fourth-order valence-corrected chi connectivity index (χ4v) is 4.35. The number of fused-ring (bicyclic) bond motifs is 2. The first kappa shape index (κ1) is 15.4. The van der Waals surface area contributed by atoms with Crippen molar-refractivity contribution in [3.8, 4) is 5.75 Å². The summed E-state index contributed by atoms with van der Waals surface area (Å²) in [7, 11) is 0. The molecule has 24 heavy (non-hydrogen) atoms. The molecule has 0 saturated carbocycles. The molecular formula is C18H23N3O3. The van der Waals surface area contributed by atoms with Crippen LogP contribution in [0.25, 0.3) is 0 Å². The molecule has 2 bridgehead atoms. The summed E-state index contributed by atoms with van der Waals surface area (Å²) < 4.78 is 6.09. The van der Waals surface area contributed by atoms with Gasteiger partial charge in [0.15, 0.2) is 0 Å². The van der Waals surface area contributed by atoms with Crippen LogP contribution < -0.4 is 10.1 Å². The van der Waals surface area contributed by atoms with Gasteiger partial charge < -0.3 is 15.0 Å². The van der Waals surface area contributed by atoms with E-state index in [1.54, 1.807) is 12.4 Å². The van der Waals surface area contributed by atoms with Gasteiger partial charge in [-0.2, -0.15) is 0 Å². The first-order valence-electron chi connectivity index (χ1n) is 8.86. The molecule has 2 amide bonds. The van der Waals surface area contributed by atoms with E-state index in [0.717, 1.165) is 31.4 Å². The highest BCUT2D eigenvalue weighted by atomic mass is 16.5. The Kier molecular flexibility index (Phi) is 4.12. The molecule has 0 aromatic carbocycles. The molecule has 3 aliphatic heterocycles. The van der Waals surface area contributed by atoms with Crippen molar-refractivity contribution in [1.82, 2.24) is 15.2 Å². The van der Waals surface area contributed by atoms with Crippen molar-refractivity contribution in [2.75, 3.05) is 6.54 Å². The van der Waals surface area contributed by atoms with Gasteiger partial charge in [-0.25, -0.2) is 0 Å². The van der Waals surface area contributed by atoms with Crippen LogP contribution in [0.15, 0.2) is 24.5 Å². The summed E-state index contributed by atoms with van der Waals surface area (Å²) in [5.41, 5.74) is 0. The number of pyridine rings is 1. The largest absolute Gasteiger partial charge is 0.490 e. The molecule has 0 aliphatic carbocycles. The van der Waals surface area contributed by atoms with E-state index in [-0.39, 0.29) is 35.9 Å². The zero-order valence-electron chi connectivity index (χ0n) is 13.7. The van der Waals surface area contributed by atoms with Crippen molar-refractivity contribution in [1.29, 1.82) is 0 Å². The minimum atomic E-state index is -0.0523. The molecule has 6 heteroatoms. The average molecular weight is 329 g/mol. The van der Waals surface area contributed by atoms with Gasteiger partial charge in [-0.3, -0.25) is 14.6 Å². The lowest BCUT2D eigenvalue weighted by molar-refractivity contribution is -0.143. The Morgan fingerprint density at radius 2 is 1.88 bits per heavy atom. The highest BCUT2D eigenvalue weighted by molar-refractivity contribution is 5.84. The molecule has 6 nitrogen and oxygen atoms in total. The fraction of sp³-hybridized carbons (Fsp3) is 0.611. The number of hydrogen-bond acceptors (Lipinski definition) is 4. The van der Waals surface area contributed by atoms with Crippen LogP contribution >= 0.6 is 0 Å². The second kappa shape index (κ2) is 6.42. The molecule has 1 aromatic heterocycles. The topological polar surface area (TPSA) is 71.5 Å². The maximum absolute atomic E-state index is 12.9. The van der Waals surface area contributed by atoms with Gasteiger partial charge in [0.2, 0.25) is 11.8 Å². The predicted molar refractivity (Wildman–Crippen MR) is 87.3 cm³/mol. The summed E-state index contributed by atoms with van der Waals surface area (Å²) >= 11 is 0. The van der Waals surface area contributed by atoms with Gasteiger partial charge in [0.1, 0.15) is 11.9 Å². The van der Waals surface area contributed by atoms with Crippen LogP contribution in [0.4, 0.5) is 0 Å². The lowest BCUT2D eigenvalue weighted by Crippen LogP contribution is -2.53. The second-order valence-corrected chi connectivity index (χ2v) is 7.06. The number of carbonyl (C=O) groups is 2. The molecule has 1 N–H and O–H groups in total. The van der Waals surface area contributed by atoms with E-state index in [4.69, 9.17) is 4.74 Å². The maximum Gasteiger partial charge on any atom is 0.227 e. The predicted octanol–water partition coefficient (Wildman–Crippen LogP) is 1.51. The van der Waals surface area contributed by atoms with E-state index in [1.165, 1.54) is 0 Å². The van der Waals surface area contributed by atoms with Gasteiger partial charge >= 0.3 is 0 Å².